The average Bonchev–Trinajstić information content (AvgIpc) is 2.26. The van der Waals surface area contributed by atoms with Crippen molar-refractivity contribution in [1.82, 2.24) is 9.97 Å². The molecule has 0 aliphatic heterocycles. The van der Waals surface area contributed by atoms with Gasteiger partial charge in [-0.15, -0.1) is 0 Å². The molecule has 1 aromatic heterocycles. The molecular formula is C9H15ClN4S. The van der Waals surface area contributed by atoms with Gasteiger partial charge < -0.3 is 10.2 Å². The Labute approximate surface area is 99.4 Å². The third-order valence-corrected chi connectivity index (χ3v) is 2.80. The maximum absolute atomic E-state index is 6.03. The number of nitrogens with zero attached hydrogens (tertiary/aromatic N) is 3. The van der Waals surface area contributed by atoms with Crippen LogP contribution >= 0.6 is 23.4 Å². The minimum absolute atomic E-state index is 0.581. The normalized spacial score (nSPS) is 10.1. The van der Waals surface area contributed by atoms with Crippen LogP contribution < -0.4 is 10.2 Å². The third kappa shape index (κ3) is 3.43. The Hall–Kier alpha value is -0.680. The molecule has 0 saturated carbocycles. The standard InChI is InChI=1S/C9H15ClN4S/c1-11-9-12-6-7(10)8(13-9)14(2)4-5-15-3/h6H,4-5H2,1-3H3,(H,11,12,13). The first-order valence-electron chi connectivity index (χ1n) is 4.59. The molecule has 1 rings (SSSR count). The zero-order chi connectivity index (χ0) is 11.3. The van der Waals surface area contributed by atoms with Gasteiger partial charge in [-0.05, 0) is 6.26 Å². The van der Waals surface area contributed by atoms with Crippen molar-refractivity contribution in [1.29, 1.82) is 0 Å². The van der Waals surface area contributed by atoms with E-state index in [1.54, 1.807) is 25.0 Å². The Morgan fingerprint density at radius 2 is 2.33 bits per heavy atom. The molecular weight excluding hydrogens is 232 g/mol. The first-order valence-corrected chi connectivity index (χ1v) is 6.36. The highest BCUT2D eigenvalue weighted by Crippen LogP contribution is 2.22. The van der Waals surface area contributed by atoms with Crippen LogP contribution in [0.4, 0.5) is 11.8 Å². The number of halogens is 1. The zero-order valence-corrected chi connectivity index (χ0v) is 10.7. The van der Waals surface area contributed by atoms with E-state index in [1.807, 2.05) is 11.9 Å². The van der Waals surface area contributed by atoms with Crippen LogP contribution in [0.3, 0.4) is 0 Å². The van der Waals surface area contributed by atoms with Crippen LogP contribution in [0.5, 0.6) is 0 Å². The highest BCUT2D eigenvalue weighted by Gasteiger charge is 2.09. The molecule has 0 atom stereocenters. The monoisotopic (exact) mass is 246 g/mol. The summed E-state index contributed by atoms with van der Waals surface area (Å²) in [5, 5.41) is 3.47. The molecule has 0 aromatic carbocycles. The van der Waals surface area contributed by atoms with Gasteiger partial charge >= 0.3 is 0 Å². The summed E-state index contributed by atoms with van der Waals surface area (Å²) in [6, 6.07) is 0. The molecule has 0 aliphatic carbocycles. The Balaban J connectivity index is 2.81. The van der Waals surface area contributed by atoms with E-state index in [4.69, 9.17) is 11.6 Å². The van der Waals surface area contributed by atoms with E-state index in [0.29, 0.717) is 11.0 Å². The quantitative estimate of drug-likeness (QED) is 0.860. The lowest BCUT2D eigenvalue weighted by molar-refractivity contribution is 0.938. The molecule has 0 fully saturated rings. The Morgan fingerprint density at radius 3 is 2.93 bits per heavy atom. The van der Waals surface area contributed by atoms with Gasteiger partial charge in [-0.3, -0.25) is 0 Å². The third-order valence-electron chi connectivity index (χ3n) is 1.94. The van der Waals surface area contributed by atoms with Crippen LogP contribution in [0.25, 0.3) is 0 Å². The first kappa shape index (κ1) is 12.4. The molecule has 0 unspecified atom stereocenters. The van der Waals surface area contributed by atoms with Crippen LogP contribution in [0.1, 0.15) is 0 Å². The molecule has 0 bridgehead atoms. The zero-order valence-electron chi connectivity index (χ0n) is 9.12. The lowest BCUT2D eigenvalue weighted by Crippen LogP contribution is -2.22. The molecule has 1 heterocycles. The maximum Gasteiger partial charge on any atom is 0.224 e. The van der Waals surface area contributed by atoms with E-state index in [9.17, 15) is 0 Å². The second-order valence-corrected chi connectivity index (χ2v) is 4.42. The fourth-order valence-corrected chi connectivity index (χ4v) is 1.77. The van der Waals surface area contributed by atoms with E-state index in [2.05, 4.69) is 21.5 Å². The number of thioether (sulfide) groups is 1. The number of anilines is 2. The fourth-order valence-electron chi connectivity index (χ4n) is 1.08. The van der Waals surface area contributed by atoms with Crippen molar-refractivity contribution in [3.05, 3.63) is 11.2 Å². The SMILES string of the molecule is CNc1ncc(Cl)c(N(C)CCSC)n1. The number of rotatable bonds is 5. The topological polar surface area (TPSA) is 41.1 Å². The second kappa shape index (κ2) is 6.02. The van der Waals surface area contributed by atoms with Gasteiger partial charge in [0, 0.05) is 26.4 Å². The summed E-state index contributed by atoms with van der Waals surface area (Å²) in [5.41, 5.74) is 0. The first-order chi connectivity index (χ1) is 7.19. The Kier molecular flexibility index (Phi) is 4.98. The van der Waals surface area contributed by atoms with Crippen molar-refractivity contribution in [2.45, 2.75) is 0 Å². The van der Waals surface area contributed by atoms with Crippen LogP contribution in [-0.4, -0.2) is 42.6 Å². The Morgan fingerprint density at radius 1 is 1.60 bits per heavy atom. The lowest BCUT2D eigenvalue weighted by Gasteiger charge is -2.18. The van der Waals surface area contributed by atoms with Crippen molar-refractivity contribution in [3.8, 4) is 0 Å². The van der Waals surface area contributed by atoms with E-state index in [-0.39, 0.29) is 0 Å². The van der Waals surface area contributed by atoms with Crippen LogP contribution in [0, 0.1) is 0 Å². The van der Waals surface area contributed by atoms with Gasteiger partial charge in [-0.25, -0.2) is 4.98 Å². The van der Waals surface area contributed by atoms with Crippen LogP contribution in [0.15, 0.2) is 6.20 Å². The summed E-state index contributed by atoms with van der Waals surface area (Å²) in [6.07, 6.45) is 3.69. The fraction of sp³-hybridized carbons (Fsp3) is 0.556. The molecule has 1 N–H and O–H groups in total. The summed E-state index contributed by atoms with van der Waals surface area (Å²) in [7, 11) is 3.76. The van der Waals surface area contributed by atoms with Gasteiger partial charge in [0.05, 0.1) is 6.20 Å². The van der Waals surface area contributed by atoms with Gasteiger partial charge in [0.1, 0.15) is 5.02 Å². The summed E-state index contributed by atoms with van der Waals surface area (Å²) in [6.45, 7) is 0.918. The second-order valence-electron chi connectivity index (χ2n) is 3.03. The average molecular weight is 247 g/mol. The van der Waals surface area contributed by atoms with Crippen molar-refractivity contribution < 1.29 is 0 Å². The van der Waals surface area contributed by atoms with Gasteiger partial charge in [-0.1, -0.05) is 11.6 Å². The van der Waals surface area contributed by atoms with Crippen molar-refractivity contribution in [2.75, 3.05) is 42.9 Å². The van der Waals surface area contributed by atoms with Crippen molar-refractivity contribution >= 4 is 35.1 Å². The number of aromatic nitrogens is 2. The maximum atomic E-state index is 6.03. The molecule has 0 spiro atoms. The summed E-state index contributed by atoms with van der Waals surface area (Å²) in [5.74, 6) is 2.40. The summed E-state index contributed by atoms with van der Waals surface area (Å²) in [4.78, 5) is 10.4. The van der Waals surface area contributed by atoms with Crippen molar-refractivity contribution in [2.24, 2.45) is 0 Å². The molecule has 15 heavy (non-hydrogen) atoms. The summed E-state index contributed by atoms with van der Waals surface area (Å²) >= 11 is 7.82. The number of hydrogen-bond acceptors (Lipinski definition) is 5. The molecule has 0 aliphatic rings. The predicted molar refractivity (Wildman–Crippen MR) is 68.2 cm³/mol. The van der Waals surface area contributed by atoms with E-state index in [1.165, 1.54) is 0 Å². The smallest absolute Gasteiger partial charge is 0.224 e. The summed E-state index contributed by atoms with van der Waals surface area (Å²) < 4.78 is 0. The van der Waals surface area contributed by atoms with Gasteiger partial charge in [0.25, 0.3) is 0 Å². The van der Waals surface area contributed by atoms with E-state index in [0.717, 1.165) is 18.1 Å². The molecule has 84 valence electrons. The predicted octanol–water partition coefficient (Wildman–Crippen LogP) is 1.97. The van der Waals surface area contributed by atoms with Gasteiger partial charge in [0.15, 0.2) is 5.82 Å². The largest absolute Gasteiger partial charge is 0.357 e. The highest BCUT2D eigenvalue weighted by atomic mass is 35.5. The van der Waals surface area contributed by atoms with Gasteiger partial charge in [0.2, 0.25) is 5.95 Å². The Bertz CT molecular complexity index is 321. The van der Waals surface area contributed by atoms with Gasteiger partial charge in [-0.2, -0.15) is 16.7 Å². The molecule has 4 nitrogen and oxygen atoms in total. The molecule has 0 saturated heterocycles. The highest BCUT2D eigenvalue weighted by molar-refractivity contribution is 7.98. The molecule has 0 radical (unpaired) electrons. The minimum Gasteiger partial charge on any atom is -0.357 e. The lowest BCUT2D eigenvalue weighted by atomic mass is 10.5. The van der Waals surface area contributed by atoms with E-state index >= 15 is 0 Å². The van der Waals surface area contributed by atoms with E-state index < -0.39 is 0 Å². The van der Waals surface area contributed by atoms with Crippen molar-refractivity contribution in [3.63, 3.8) is 0 Å². The number of nitrogens with one attached hydrogen (secondary N) is 1. The molecule has 1 aromatic rings. The molecule has 6 heteroatoms. The van der Waals surface area contributed by atoms with Crippen LogP contribution in [-0.2, 0) is 0 Å². The minimum atomic E-state index is 0.581. The number of hydrogen-bond donors (Lipinski definition) is 1. The molecule has 0 amide bonds. The van der Waals surface area contributed by atoms with Crippen LogP contribution in [0.2, 0.25) is 5.02 Å².